The zero-order valence-corrected chi connectivity index (χ0v) is 22.7. The summed E-state index contributed by atoms with van der Waals surface area (Å²) in [6, 6.07) is 21.2. The summed E-state index contributed by atoms with van der Waals surface area (Å²) in [6.07, 6.45) is 0.807. The molecule has 0 saturated carbocycles. The van der Waals surface area contributed by atoms with E-state index >= 15 is 0 Å². The molecule has 3 aromatic carbocycles. The number of aryl methyl sites for hydroxylation is 2. The molecule has 0 radical (unpaired) electrons. The zero-order chi connectivity index (χ0) is 28.2. The Bertz CT molecular complexity index is 1750. The van der Waals surface area contributed by atoms with Crippen molar-refractivity contribution in [3.8, 4) is 0 Å². The molecule has 0 spiro atoms. The smallest absolute Gasteiger partial charge is 0.329 e. The lowest BCUT2D eigenvalue weighted by molar-refractivity contribution is -0.143. The molecule has 40 heavy (non-hydrogen) atoms. The molecule has 5 aromatic rings. The highest BCUT2D eigenvalue weighted by atomic mass is 16.5. The number of rotatable bonds is 11. The summed E-state index contributed by atoms with van der Waals surface area (Å²) < 4.78 is 10.6. The van der Waals surface area contributed by atoms with Crippen molar-refractivity contribution in [1.82, 2.24) is 18.7 Å². The Morgan fingerprint density at radius 1 is 1.02 bits per heavy atom. The van der Waals surface area contributed by atoms with Crippen molar-refractivity contribution in [1.29, 1.82) is 5.41 Å². The van der Waals surface area contributed by atoms with E-state index in [9.17, 15) is 9.59 Å². The first-order valence-electron chi connectivity index (χ1n) is 13.3. The SMILES string of the molecule is CCOC(=O)CCCn1c(=O)n(Cc2ccc3c(c2)nc(CNc2ccc(C(=N)N)cc2)n3C)c2ccccc21. The van der Waals surface area contributed by atoms with E-state index < -0.39 is 0 Å². The predicted octanol–water partition coefficient (Wildman–Crippen LogP) is 3.98. The van der Waals surface area contributed by atoms with Crippen molar-refractivity contribution in [3.63, 3.8) is 0 Å². The molecule has 206 valence electrons. The van der Waals surface area contributed by atoms with Crippen LogP contribution in [0.1, 0.15) is 36.7 Å². The van der Waals surface area contributed by atoms with Gasteiger partial charge in [0, 0.05) is 31.3 Å². The van der Waals surface area contributed by atoms with Gasteiger partial charge < -0.3 is 20.4 Å². The first-order chi connectivity index (χ1) is 19.4. The van der Waals surface area contributed by atoms with Crippen molar-refractivity contribution in [2.24, 2.45) is 12.8 Å². The van der Waals surface area contributed by atoms with Gasteiger partial charge in [-0.25, -0.2) is 9.78 Å². The number of benzene rings is 3. The molecule has 0 aliphatic rings. The van der Waals surface area contributed by atoms with Crippen LogP contribution in [0.3, 0.4) is 0 Å². The molecule has 5 rings (SSSR count). The number of imidazole rings is 2. The van der Waals surface area contributed by atoms with E-state index in [4.69, 9.17) is 20.9 Å². The number of aromatic nitrogens is 4. The van der Waals surface area contributed by atoms with E-state index in [1.165, 1.54) is 0 Å². The average molecular weight is 540 g/mol. The number of esters is 1. The minimum atomic E-state index is -0.247. The summed E-state index contributed by atoms with van der Waals surface area (Å²) in [5.74, 6) is 0.667. The van der Waals surface area contributed by atoms with Crippen molar-refractivity contribution in [2.45, 2.75) is 39.4 Å². The van der Waals surface area contributed by atoms with E-state index in [1.54, 1.807) is 16.1 Å². The molecule has 0 saturated heterocycles. The number of anilines is 1. The molecule has 0 aliphatic heterocycles. The lowest BCUT2D eigenvalue weighted by Gasteiger charge is -2.07. The van der Waals surface area contributed by atoms with Crippen LogP contribution in [0, 0.1) is 5.41 Å². The highest BCUT2D eigenvalue weighted by Gasteiger charge is 2.15. The zero-order valence-electron chi connectivity index (χ0n) is 22.7. The van der Waals surface area contributed by atoms with Crippen LogP contribution in [0.2, 0.25) is 0 Å². The third-order valence-electron chi connectivity index (χ3n) is 7.02. The largest absolute Gasteiger partial charge is 0.466 e. The van der Waals surface area contributed by atoms with Gasteiger partial charge in [-0.3, -0.25) is 19.3 Å². The molecule has 0 fully saturated rings. The molecular weight excluding hydrogens is 506 g/mol. The van der Waals surface area contributed by atoms with Gasteiger partial charge in [-0.2, -0.15) is 0 Å². The molecule has 2 aromatic heterocycles. The second-order valence-electron chi connectivity index (χ2n) is 9.67. The highest BCUT2D eigenvalue weighted by molar-refractivity contribution is 5.95. The maximum atomic E-state index is 13.5. The van der Waals surface area contributed by atoms with E-state index in [0.29, 0.717) is 38.2 Å². The number of nitrogen functional groups attached to an aromatic ring is 1. The predicted molar refractivity (Wildman–Crippen MR) is 157 cm³/mol. The minimum absolute atomic E-state index is 0.0403. The lowest BCUT2D eigenvalue weighted by atomic mass is 10.2. The van der Waals surface area contributed by atoms with Gasteiger partial charge in [-0.1, -0.05) is 18.2 Å². The van der Waals surface area contributed by atoms with Crippen molar-refractivity contribution in [2.75, 3.05) is 11.9 Å². The molecular formula is C30H33N7O3. The number of carbonyl (C=O) groups excluding carboxylic acids is 1. The Hall–Kier alpha value is -4.86. The van der Waals surface area contributed by atoms with Crippen LogP contribution in [-0.4, -0.2) is 37.1 Å². The van der Waals surface area contributed by atoms with Gasteiger partial charge in [0.2, 0.25) is 0 Å². The molecule has 0 bridgehead atoms. The molecule has 2 heterocycles. The highest BCUT2D eigenvalue weighted by Crippen LogP contribution is 2.21. The maximum absolute atomic E-state index is 13.5. The Morgan fingerprint density at radius 2 is 1.75 bits per heavy atom. The number of hydrogen-bond donors (Lipinski definition) is 3. The number of carbonyl (C=O) groups is 1. The number of nitrogens with one attached hydrogen (secondary N) is 2. The monoisotopic (exact) mass is 539 g/mol. The molecule has 0 aliphatic carbocycles. The number of nitrogens with zero attached hydrogens (tertiary/aromatic N) is 4. The topological polar surface area (TPSA) is 133 Å². The molecule has 10 heteroatoms. The number of para-hydroxylation sites is 2. The maximum Gasteiger partial charge on any atom is 0.329 e. The van der Waals surface area contributed by atoms with Crippen LogP contribution in [-0.2, 0) is 36.2 Å². The van der Waals surface area contributed by atoms with Gasteiger partial charge >= 0.3 is 11.7 Å². The van der Waals surface area contributed by atoms with Gasteiger partial charge in [-0.05, 0) is 67.4 Å². The van der Waals surface area contributed by atoms with Gasteiger partial charge in [0.15, 0.2) is 0 Å². The molecule has 0 amide bonds. The van der Waals surface area contributed by atoms with Crippen LogP contribution in [0.25, 0.3) is 22.1 Å². The van der Waals surface area contributed by atoms with Crippen molar-refractivity contribution in [3.05, 3.63) is 94.2 Å². The van der Waals surface area contributed by atoms with Crippen molar-refractivity contribution >= 4 is 39.6 Å². The van der Waals surface area contributed by atoms with Crippen LogP contribution < -0.4 is 16.7 Å². The molecule has 4 N–H and O–H groups in total. The third-order valence-corrected chi connectivity index (χ3v) is 7.02. The Kier molecular flexibility index (Phi) is 7.68. The van der Waals surface area contributed by atoms with Gasteiger partial charge in [0.1, 0.15) is 11.7 Å². The summed E-state index contributed by atoms with van der Waals surface area (Å²) in [7, 11) is 1.99. The van der Waals surface area contributed by atoms with Crippen LogP contribution in [0.4, 0.5) is 5.69 Å². The van der Waals surface area contributed by atoms with Gasteiger partial charge in [-0.15, -0.1) is 0 Å². The van der Waals surface area contributed by atoms with E-state index in [2.05, 4.69) is 9.88 Å². The first kappa shape index (κ1) is 26.7. The summed E-state index contributed by atoms with van der Waals surface area (Å²) in [6.45, 7) is 3.52. The number of fused-ring (bicyclic) bond motifs is 2. The summed E-state index contributed by atoms with van der Waals surface area (Å²) in [4.78, 5) is 30.1. The van der Waals surface area contributed by atoms with Crippen LogP contribution in [0.5, 0.6) is 0 Å². The van der Waals surface area contributed by atoms with Crippen LogP contribution in [0.15, 0.2) is 71.5 Å². The Balaban J connectivity index is 1.35. The molecule has 0 atom stereocenters. The minimum Gasteiger partial charge on any atom is -0.466 e. The third kappa shape index (κ3) is 5.47. The molecule has 0 unspecified atom stereocenters. The summed E-state index contributed by atoms with van der Waals surface area (Å²) >= 11 is 0. The van der Waals surface area contributed by atoms with Gasteiger partial charge in [0.25, 0.3) is 0 Å². The van der Waals surface area contributed by atoms with E-state index in [1.807, 2.05) is 73.8 Å². The van der Waals surface area contributed by atoms with Crippen molar-refractivity contribution < 1.29 is 9.53 Å². The first-order valence-corrected chi connectivity index (χ1v) is 13.3. The van der Waals surface area contributed by atoms with E-state index in [0.717, 1.165) is 39.1 Å². The quantitative estimate of drug-likeness (QED) is 0.132. The number of ether oxygens (including phenoxy) is 1. The lowest BCUT2D eigenvalue weighted by Crippen LogP contribution is -2.25. The fraction of sp³-hybridized carbons (Fsp3) is 0.267. The summed E-state index contributed by atoms with van der Waals surface area (Å²) in [5, 5.41) is 10.9. The van der Waals surface area contributed by atoms with E-state index in [-0.39, 0.29) is 23.9 Å². The Labute approximate surface area is 231 Å². The van der Waals surface area contributed by atoms with Gasteiger partial charge in [0.05, 0.1) is 41.8 Å². The number of amidine groups is 1. The summed E-state index contributed by atoms with van der Waals surface area (Å²) in [5.41, 5.74) is 11.6. The number of hydrogen-bond acceptors (Lipinski definition) is 6. The standard InChI is InChI=1S/C30H33N7O3/c1-3-40-28(38)9-6-16-36-25-7-4-5-8-26(25)37(30(36)39)19-20-10-15-24-23(17-20)34-27(35(24)2)18-33-22-13-11-21(12-14-22)29(31)32/h4-5,7-8,10-15,17,33H,3,6,9,16,18-19H2,1-2H3,(H3,31,32). The normalized spacial score (nSPS) is 11.2. The second-order valence-corrected chi connectivity index (χ2v) is 9.67. The Morgan fingerprint density at radius 3 is 2.45 bits per heavy atom. The molecule has 10 nitrogen and oxygen atoms in total. The average Bonchev–Trinajstić information content (AvgIpc) is 3.40. The van der Waals surface area contributed by atoms with Crippen LogP contribution >= 0.6 is 0 Å². The number of nitrogens with two attached hydrogens (primary N) is 1. The fourth-order valence-electron chi connectivity index (χ4n) is 4.94. The fourth-order valence-corrected chi connectivity index (χ4v) is 4.94. The second kappa shape index (κ2) is 11.5.